The number of amides is 1. The number of nitrogens with one attached hydrogen (secondary N) is 1. The van der Waals surface area contributed by atoms with Gasteiger partial charge < -0.3 is 10.4 Å². The van der Waals surface area contributed by atoms with Crippen molar-refractivity contribution in [2.75, 3.05) is 7.05 Å². The normalized spacial score (nSPS) is 9.86. The molecule has 2 N–H and O–H groups in total. The Bertz CT molecular complexity index is 370. The van der Waals surface area contributed by atoms with Crippen LogP contribution in [0.15, 0.2) is 6.07 Å². The molecule has 1 rings (SSSR count). The standard InChI is InChI=1S/C8H11N3O3/c1-3-11-6(8(13)14)4-5(10-11)7(12)9-2/h4H,3H2,1-2H3,(H,9,12)(H,13,14). The summed E-state index contributed by atoms with van der Waals surface area (Å²) in [5, 5.41) is 15.0. The van der Waals surface area contributed by atoms with Crippen molar-refractivity contribution >= 4 is 11.9 Å². The molecule has 0 bridgehead atoms. The predicted molar refractivity (Wildman–Crippen MR) is 48.3 cm³/mol. The van der Waals surface area contributed by atoms with Gasteiger partial charge in [-0.1, -0.05) is 0 Å². The van der Waals surface area contributed by atoms with Gasteiger partial charge in [0.15, 0.2) is 5.69 Å². The Labute approximate surface area is 80.5 Å². The molecule has 6 nitrogen and oxygen atoms in total. The molecule has 6 heteroatoms. The van der Waals surface area contributed by atoms with E-state index < -0.39 is 5.97 Å². The van der Waals surface area contributed by atoms with E-state index in [0.717, 1.165) is 0 Å². The van der Waals surface area contributed by atoms with Crippen molar-refractivity contribution in [3.05, 3.63) is 17.5 Å². The first-order valence-electron chi connectivity index (χ1n) is 4.13. The molecule has 1 aromatic rings. The predicted octanol–water partition coefficient (Wildman–Crippen LogP) is -0.0392. The Morgan fingerprint density at radius 3 is 2.64 bits per heavy atom. The summed E-state index contributed by atoms with van der Waals surface area (Å²) in [5.74, 6) is -1.48. The van der Waals surface area contributed by atoms with Gasteiger partial charge in [-0.15, -0.1) is 0 Å². The van der Waals surface area contributed by atoms with Crippen LogP contribution < -0.4 is 5.32 Å². The zero-order valence-electron chi connectivity index (χ0n) is 7.94. The summed E-state index contributed by atoms with van der Waals surface area (Å²) >= 11 is 0. The molecule has 0 spiro atoms. The molecule has 0 aliphatic rings. The van der Waals surface area contributed by atoms with E-state index >= 15 is 0 Å². The van der Waals surface area contributed by atoms with Gasteiger partial charge in [0.2, 0.25) is 0 Å². The van der Waals surface area contributed by atoms with Crippen molar-refractivity contribution in [2.24, 2.45) is 0 Å². The Morgan fingerprint density at radius 2 is 2.29 bits per heavy atom. The highest BCUT2D eigenvalue weighted by molar-refractivity contribution is 5.95. The summed E-state index contributed by atoms with van der Waals surface area (Å²) in [6, 6.07) is 1.25. The second-order valence-corrected chi connectivity index (χ2v) is 2.61. The fraction of sp³-hybridized carbons (Fsp3) is 0.375. The van der Waals surface area contributed by atoms with Gasteiger partial charge >= 0.3 is 5.97 Å². The number of carbonyl (C=O) groups is 2. The summed E-state index contributed by atoms with van der Waals surface area (Å²) in [6.45, 7) is 2.17. The van der Waals surface area contributed by atoms with Crippen LogP contribution >= 0.6 is 0 Å². The van der Waals surface area contributed by atoms with Gasteiger partial charge in [0, 0.05) is 19.7 Å². The van der Waals surface area contributed by atoms with Crippen LogP contribution in [0.1, 0.15) is 27.9 Å². The maximum Gasteiger partial charge on any atom is 0.354 e. The molecule has 0 aromatic carbocycles. The van der Waals surface area contributed by atoms with Gasteiger partial charge in [-0.2, -0.15) is 5.10 Å². The smallest absolute Gasteiger partial charge is 0.354 e. The highest BCUT2D eigenvalue weighted by Gasteiger charge is 2.16. The van der Waals surface area contributed by atoms with Gasteiger partial charge in [-0.05, 0) is 6.92 Å². The van der Waals surface area contributed by atoms with Crippen molar-refractivity contribution in [1.82, 2.24) is 15.1 Å². The SMILES string of the molecule is CCn1nc(C(=O)NC)cc1C(=O)O. The number of aromatic carboxylic acids is 1. The van der Waals surface area contributed by atoms with Crippen molar-refractivity contribution in [3.8, 4) is 0 Å². The van der Waals surface area contributed by atoms with Crippen molar-refractivity contribution in [1.29, 1.82) is 0 Å². The van der Waals surface area contributed by atoms with E-state index in [-0.39, 0.29) is 17.3 Å². The monoisotopic (exact) mass is 197 g/mol. The third-order valence-electron chi connectivity index (χ3n) is 1.76. The van der Waals surface area contributed by atoms with Crippen LogP contribution in [0.4, 0.5) is 0 Å². The number of hydrogen-bond donors (Lipinski definition) is 2. The molecule has 0 radical (unpaired) electrons. The largest absolute Gasteiger partial charge is 0.477 e. The van der Waals surface area contributed by atoms with Crippen LogP contribution in [0, 0.1) is 0 Å². The molecule has 1 aromatic heterocycles. The van der Waals surface area contributed by atoms with Crippen LogP contribution in [0.2, 0.25) is 0 Å². The Kier molecular flexibility index (Phi) is 2.85. The lowest BCUT2D eigenvalue weighted by Crippen LogP contribution is -2.18. The molecular weight excluding hydrogens is 186 g/mol. The maximum absolute atomic E-state index is 11.1. The average Bonchev–Trinajstić information content (AvgIpc) is 2.60. The molecule has 1 amide bonds. The highest BCUT2D eigenvalue weighted by atomic mass is 16.4. The van der Waals surface area contributed by atoms with Crippen LogP contribution in [0.25, 0.3) is 0 Å². The summed E-state index contributed by atoms with van der Waals surface area (Å²) in [7, 11) is 1.47. The van der Waals surface area contributed by atoms with E-state index in [1.807, 2.05) is 0 Å². The van der Waals surface area contributed by atoms with Crippen molar-refractivity contribution in [3.63, 3.8) is 0 Å². The Morgan fingerprint density at radius 1 is 1.64 bits per heavy atom. The van der Waals surface area contributed by atoms with Gasteiger partial charge in [0.05, 0.1) is 0 Å². The van der Waals surface area contributed by atoms with E-state index in [0.29, 0.717) is 6.54 Å². The van der Waals surface area contributed by atoms with Crippen LogP contribution in [-0.4, -0.2) is 33.8 Å². The molecule has 1 heterocycles. The minimum atomic E-state index is -1.09. The van der Waals surface area contributed by atoms with E-state index in [1.165, 1.54) is 17.8 Å². The summed E-state index contributed by atoms with van der Waals surface area (Å²) in [5.41, 5.74) is 0.137. The Hall–Kier alpha value is -1.85. The first-order chi connectivity index (χ1) is 6.60. The van der Waals surface area contributed by atoms with Gasteiger partial charge in [0.1, 0.15) is 5.69 Å². The number of nitrogens with zero attached hydrogens (tertiary/aromatic N) is 2. The summed E-state index contributed by atoms with van der Waals surface area (Å²) in [4.78, 5) is 21.9. The fourth-order valence-electron chi connectivity index (χ4n) is 1.07. The molecule has 0 saturated heterocycles. The molecular formula is C8H11N3O3. The van der Waals surface area contributed by atoms with E-state index in [1.54, 1.807) is 6.92 Å². The number of rotatable bonds is 3. The lowest BCUT2D eigenvalue weighted by atomic mass is 10.3. The molecule has 0 fully saturated rings. The van der Waals surface area contributed by atoms with Crippen molar-refractivity contribution < 1.29 is 14.7 Å². The lowest BCUT2D eigenvalue weighted by Gasteiger charge is -1.97. The third-order valence-corrected chi connectivity index (χ3v) is 1.76. The number of hydrogen-bond acceptors (Lipinski definition) is 3. The third kappa shape index (κ3) is 1.73. The van der Waals surface area contributed by atoms with Crippen LogP contribution in [0.5, 0.6) is 0 Å². The Balaban J connectivity index is 3.13. The summed E-state index contributed by atoms with van der Waals surface area (Å²) in [6.07, 6.45) is 0. The zero-order valence-corrected chi connectivity index (χ0v) is 7.94. The van der Waals surface area contributed by atoms with Gasteiger partial charge in [0.25, 0.3) is 5.91 Å². The molecule has 0 saturated carbocycles. The molecule has 14 heavy (non-hydrogen) atoms. The second-order valence-electron chi connectivity index (χ2n) is 2.61. The second kappa shape index (κ2) is 3.91. The van der Waals surface area contributed by atoms with Crippen LogP contribution in [-0.2, 0) is 6.54 Å². The van der Waals surface area contributed by atoms with Gasteiger partial charge in [-0.3, -0.25) is 9.48 Å². The number of carbonyl (C=O) groups excluding carboxylic acids is 1. The molecule has 0 aliphatic carbocycles. The molecule has 76 valence electrons. The van der Waals surface area contributed by atoms with E-state index in [4.69, 9.17) is 5.11 Å². The fourth-order valence-corrected chi connectivity index (χ4v) is 1.07. The number of carboxylic acid groups (broad SMARTS) is 1. The molecule has 0 aliphatic heterocycles. The quantitative estimate of drug-likeness (QED) is 0.712. The summed E-state index contributed by atoms with van der Waals surface area (Å²) < 4.78 is 1.27. The number of aryl methyl sites for hydroxylation is 1. The first kappa shape index (κ1) is 10.2. The minimum Gasteiger partial charge on any atom is -0.477 e. The average molecular weight is 197 g/mol. The van der Waals surface area contributed by atoms with Crippen LogP contribution in [0.3, 0.4) is 0 Å². The molecule has 0 atom stereocenters. The first-order valence-corrected chi connectivity index (χ1v) is 4.13. The van der Waals surface area contributed by atoms with Gasteiger partial charge in [-0.25, -0.2) is 4.79 Å². The van der Waals surface area contributed by atoms with E-state index in [9.17, 15) is 9.59 Å². The number of aromatic nitrogens is 2. The van der Waals surface area contributed by atoms with E-state index in [2.05, 4.69) is 10.4 Å². The lowest BCUT2D eigenvalue weighted by molar-refractivity contribution is 0.0683. The zero-order chi connectivity index (χ0) is 10.7. The molecule has 0 unspecified atom stereocenters. The highest BCUT2D eigenvalue weighted by Crippen LogP contribution is 2.04. The minimum absolute atomic E-state index is 0.0195. The number of carboxylic acids is 1. The topological polar surface area (TPSA) is 84.2 Å². The van der Waals surface area contributed by atoms with Crippen molar-refractivity contribution in [2.45, 2.75) is 13.5 Å². The maximum atomic E-state index is 11.1.